The molecule has 5 atom stereocenters. The van der Waals surface area contributed by atoms with Gasteiger partial charge in [-0.3, -0.25) is 52.7 Å². The smallest absolute Gasteiger partial charge is 0.322 e. The molecule has 0 spiro atoms. The van der Waals surface area contributed by atoms with Gasteiger partial charge in [-0.15, -0.1) is 58.8 Å². The number of benzene rings is 15. The minimum Gasteiger partial charge on any atom is -0.480 e. The quantitative estimate of drug-likeness (QED) is 0.0158. The Hall–Kier alpha value is -15.8. The summed E-state index contributed by atoms with van der Waals surface area (Å²) in [6.07, 6.45) is 0.132. The number of hydrogen-bond donors (Lipinski definition) is 11. The molecule has 0 aromatic heterocycles. The second-order valence-electron chi connectivity index (χ2n) is 35.5. The predicted octanol–water partition coefficient (Wildman–Crippen LogP) is 17.1. The number of thioether (sulfide) groups is 5. The summed E-state index contributed by atoms with van der Waals surface area (Å²) in [6, 6.07) is 139. The summed E-state index contributed by atoms with van der Waals surface area (Å²) in [5, 5.41) is 37.8. The van der Waals surface area contributed by atoms with Crippen LogP contribution in [0.3, 0.4) is 0 Å². The van der Waals surface area contributed by atoms with Crippen molar-refractivity contribution in [3.05, 3.63) is 538 Å². The van der Waals surface area contributed by atoms with Crippen LogP contribution < -0.4 is 53.2 Å². The molecule has 22 nitrogen and oxygen atoms in total. The number of carboxylic acid groups (broad SMARTS) is 1. The minimum atomic E-state index is -1.53. The second kappa shape index (κ2) is 53.7. The monoisotopic (exact) mass is 2080 g/mol. The van der Waals surface area contributed by atoms with E-state index in [9.17, 15) is 33.9 Å². The van der Waals surface area contributed by atoms with Gasteiger partial charge in [-0.1, -0.05) is 455 Å². The van der Waals surface area contributed by atoms with Crippen LogP contribution in [0.15, 0.2) is 455 Å². The molecule has 0 unspecified atom stereocenters. The molecule has 150 heavy (non-hydrogen) atoms. The largest absolute Gasteiger partial charge is 0.480 e. The molecule has 0 bridgehead atoms. The van der Waals surface area contributed by atoms with Crippen LogP contribution in [0, 0.1) is 0 Å². The molecule has 15 aromatic carbocycles. The van der Waals surface area contributed by atoms with Crippen molar-refractivity contribution in [1.82, 2.24) is 53.2 Å². The first-order valence-electron chi connectivity index (χ1n) is 49.3. The maximum absolute atomic E-state index is 15.8. The van der Waals surface area contributed by atoms with Crippen molar-refractivity contribution in [2.45, 2.75) is 67.3 Å². The van der Waals surface area contributed by atoms with E-state index in [1.165, 1.54) is 54.0 Å². The van der Waals surface area contributed by atoms with Crippen molar-refractivity contribution in [3.63, 3.8) is 0 Å². The summed E-state index contributed by atoms with van der Waals surface area (Å²) >= 11 is 6.96. The first-order valence-corrected chi connectivity index (χ1v) is 54.2. The van der Waals surface area contributed by atoms with Gasteiger partial charge in [0.2, 0.25) is 59.1 Å². The fraction of sp³-hybridized carbons (Fsp3) is 0.179. The Morgan fingerprint density at radius 2 is 0.340 bits per heavy atom. The fourth-order valence-electron chi connectivity index (χ4n) is 18.7. The molecule has 0 saturated carbocycles. The van der Waals surface area contributed by atoms with Gasteiger partial charge in [-0.2, -0.15) is 0 Å². The van der Waals surface area contributed by atoms with Crippen LogP contribution in [0.2, 0.25) is 0 Å². The number of amides is 10. The van der Waals surface area contributed by atoms with Crippen LogP contribution in [0.1, 0.15) is 96.8 Å². The van der Waals surface area contributed by atoms with Gasteiger partial charge >= 0.3 is 5.97 Å². The maximum atomic E-state index is 15.8. The molecule has 0 fully saturated rings. The topological polar surface area (TPSA) is 328 Å². The Bertz CT molecular complexity index is 6460. The summed E-state index contributed by atoms with van der Waals surface area (Å²) in [6.45, 7) is -2.44. The Morgan fingerprint density at radius 1 is 0.200 bits per heavy atom. The summed E-state index contributed by atoms with van der Waals surface area (Å²) in [5.74, 6) is -9.52. The average Bonchev–Trinajstić information content (AvgIpc) is 0.786. The van der Waals surface area contributed by atoms with Crippen molar-refractivity contribution in [2.24, 2.45) is 0 Å². The van der Waals surface area contributed by atoms with Gasteiger partial charge in [0.05, 0.1) is 49.9 Å². The Kier molecular flexibility index (Phi) is 38.8. The van der Waals surface area contributed by atoms with Crippen LogP contribution in [-0.4, -0.2) is 162 Å². The average molecular weight is 2090 g/mol. The maximum Gasteiger partial charge on any atom is 0.322 e. The molecular formula is C123H116N10O12S5. The van der Waals surface area contributed by atoms with Crippen LogP contribution >= 0.6 is 58.8 Å². The highest BCUT2D eigenvalue weighted by Gasteiger charge is 2.46. The molecule has 0 aliphatic carbocycles. The number of carbonyl (C=O) groups is 11. The standard InChI is InChI=1S/C123H116N10O12S5/c1-88(134)129-104(77-78-146-119(89-47-17-2-18-48-89,90-49-19-3-20-50-90)91-51-21-4-22-52-91)114(141)124-79-109(135)130-105(84-147-120(92-53-23-5-24-54-92,93-55-25-6-26-56-93)94-57-27-7-28-58-94)115(142)125-80-110(136)131-106(85-148-121(95-59-29-8-30-60-95,96-61-31-9-32-62-96)97-63-33-10-34-64-97)116(143)126-81-111(137)132-107(86-149-122(98-65-35-11-36-66-98,99-67-37-12-38-68-99)100-69-39-13-40-70-100)117(144)127-82-112(138)133-108(118(145)128-83-113(139)140)87-150-123(101-71-41-14-42-72-101,102-73-43-15-44-74-102)103-75-45-16-46-76-103/h2-76,104-108H,77-87H2,1H3,(H,124,141)(H,125,142)(H,126,143)(H,127,144)(H,128,145)(H,129,134)(H,130,135)(H,131,136)(H,132,137)(H,133,138)(H,139,140)/t104-,105-,106-,107-,108-/m0/s1. The Morgan fingerprint density at radius 3 is 0.487 bits per heavy atom. The highest BCUT2D eigenvalue weighted by atomic mass is 32.2. The molecule has 27 heteroatoms. The third-order valence-electron chi connectivity index (χ3n) is 25.7. The normalized spacial score (nSPS) is 12.5. The van der Waals surface area contributed by atoms with Gasteiger partial charge < -0.3 is 58.3 Å². The van der Waals surface area contributed by atoms with Gasteiger partial charge in [0, 0.05) is 29.9 Å². The summed E-state index contributed by atoms with van der Waals surface area (Å²) in [7, 11) is 0. The zero-order valence-electron chi connectivity index (χ0n) is 82.4. The van der Waals surface area contributed by atoms with Gasteiger partial charge in [0.25, 0.3) is 0 Å². The van der Waals surface area contributed by atoms with Gasteiger partial charge in [-0.05, 0) is 95.6 Å². The number of rotatable bonds is 51. The van der Waals surface area contributed by atoms with E-state index in [0.29, 0.717) is 5.75 Å². The van der Waals surface area contributed by atoms with Gasteiger partial charge in [0.1, 0.15) is 36.8 Å². The number of aliphatic carboxylic acids is 1. The van der Waals surface area contributed by atoms with E-state index in [1.807, 2.05) is 419 Å². The zero-order chi connectivity index (χ0) is 105. The number of nitrogens with one attached hydrogen (secondary N) is 10. The van der Waals surface area contributed by atoms with Crippen molar-refractivity contribution < 1.29 is 57.8 Å². The lowest BCUT2D eigenvalue weighted by Gasteiger charge is -2.36. The molecule has 15 aromatic rings. The first-order chi connectivity index (χ1) is 73.2. The molecular weight excluding hydrogens is 1970 g/mol. The number of carboxylic acids is 1. The fourth-order valence-corrected chi connectivity index (χ4v) is 26.5. The van der Waals surface area contributed by atoms with Gasteiger partial charge in [0.15, 0.2) is 0 Å². The van der Waals surface area contributed by atoms with E-state index < -0.39 is 152 Å². The lowest BCUT2D eigenvalue weighted by atomic mass is 9.84. The van der Waals surface area contributed by atoms with Crippen LogP contribution in [0.5, 0.6) is 0 Å². The minimum absolute atomic E-state index is 0.121. The van der Waals surface area contributed by atoms with Crippen molar-refractivity contribution in [1.29, 1.82) is 0 Å². The molecule has 0 aliphatic rings. The Labute approximate surface area is 895 Å². The Balaban J connectivity index is 0.716. The van der Waals surface area contributed by atoms with E-state index in [2.05, 4.69) is 89.6 Å². The summed E-state index contributed by atoms with van der Waals surface area (Å²) in [5.41, 5.74) is 12.9. The highest BCUT2D eigenvalue weighted by molar-refractivity contribution is 8.01. The summed E-state index contributed by atoms with van der Waals surface area (Å²) in [4.78, 5) is 162. The molecule has 0 heterocycles. The van der Waals surface area contributed by atoms with Crippen LogP contribution in [-0.2, 0) is 76.5 Å². The molecule has 760 valence electrons. The second-order valence-corrected chi connectivity index (χ2v) is 41.7. The first kappa shape index (κ1) is 108. The molecule has 0 aliphatic heterocycles. The van der Waals surface area contributed by atoms with Crippen molar-refractivity contribution >= 4 is 124 Å². The third kappa shape index (κ3) is 27.0. The predicted molar refractivity (Wildman–Crippen MR) is 601 cm³/mol. The highest BCUT2D eigenvalue weighted by Crippen LogP contribution is 2.54. The molecule has 11 N–H and O–H groups in total. The molecule has 10 amide bonds. The van der Waals surface area contributed by atoms with E-state index in [-0.39, 0.29) is 29.4 Å². The number of hydrogen-bond acceptors (Lipinski definition) is 16. The number of carbonyl (C=O) groups excluding carboxylic acids is 10. The lowest BCUT2D eigenvalue weighted by molar-refractivity contribution is -0.138. The molecule has 0 radical (unpaired) electrons. The summed E-state index contributed by atoms with van der Waals surface area (Å²) < 4.78 is -5.00. The molecule has 0 saturated heterocycles. The van der Waals surface area contributed by atoms with E-state index in [0.717, 1.165) is 83.5 Å². The van der Waals surface area contributed by atoms with E-state index in [1.54, 1.807) is 11.8 Å². The lowest BCUT2D eigenvalue weighted by Crippen LogP contribution is -2.56. The van der Waals surface area contributed by atoms with Crippen LogP contribution in [0.4, 0.5) is 0 Å². The van der Waals surface area contributed by atoms with E-state index >= 15 is 24.0 Å². The van der Waals surface area contributed by atoms with E-state index in [4.69, 9.17) is 0 Å². The third-order valence-corrected chi connectivity index (χ3v) is 33.8. The SMILES string of the molecule is CC(=O)N[C@@H](CCSC(c1ccccc1)(c1ccccc1)c1ccccc1)C(=O)NCC(=O)N[C@@H](CSC(c1ccccc1)(c1ccccc1)c1ccccc1)C(=O)NCC(=O)N[C@@H](CSC(c1ccccc1)(c1ccccc1)c1ccccc1)C(=O)NCC(=O)N[C@@H](CSC(c1ccccc1)(c1ccccc1)c1ccccc1)C(=O)NCC(=O)N[C@@H](CSC(c1ccccc1)(c1ccccc1)c1ccccc1)C(=O)NCC(=O)O. The van der Waals surface area contributed by atoms with Crippen molar-refractivity contribution in [3.8, 4) is 0 Å². The van der Waals surface area contributed by atoms with Crippen LogP contribution in [0.25, 0.3) is 0 Å². The molecule has 15 rings (SSSR count). The van der Waals surface area contributed by atoms with Crippen molar-refractivity contribution in [2.75, 3.05) is 61.5 Å². The zero-order valence-corrected chi connectivity index (χ0v) is 86.5. The van der Waals surface area contributed by atoms with Gasteiger partial charge in [-0.25, -0.2) is 0 Å².